The zero-order chi connectivity index (χ0) is 13.8. The fraction of sp³-hybridized carbons (Fsp3) is 0.933. The lowest BCUT2D eigenvalue weighted by Crippen LogP contribution is -2.43. The van der Waals surface area contributed by atoms with E-state index in [0.717, 1.165) is 37.6 Å². The van der Waals surface area contributed by atoms with E-state index >= 15 is 0 Å². The van der Waals surface area contributed by atoms with Crippen molar-refractivity contribution in [2.24, 2.45) is 10.9 Å². The Bertz CT molecular complexity index is 343. The molecule has 0 amide bonds. The standard InChI is InChI=1S/C15H28N4O.HI/c1-16-15(18-10-14-3-2-8-20-14)17-9-12-6-7-19(11-12)13-4-5-13;/h12-14H,2-11H2,1H3,(H2,16,17,18);1H. The fourth-order valence-corrected chi connectivity index (χ4v) is 3.28. The van der Waals surface area contributed by atoms with Crippen molar-refractivity contribution in [3.63, 3.8) is 0 Å². The van der Waals surface area contributed by atoms with Gasteiger partial charge in [0.15, 0.2) is 5.96 Å². The maximum Gasteiger partial charge on any atom is 0.191 e. The van der Waals surface area contributed by atoms with Crippen LogP contribution < -0.4 is 10.6 Å². The van der Waals surface area contributed by atoms with Gasteiger partial charge >= 0.3 is 0 Å². The van der Waals surface area contributed by atoms with E-state index in [0.29, 0.717) is 6.10 Å². The van der Waals surface area contributed by atoms with Gasteiger partial charge < -0.3 is 20.3 Å². The number of aliphatic imine (C=N–C) groups is 1. The molecule has 2 N–H and O–H groups in total. The molecule has 1 saturated carbocycles. The topological polar surface area (TPSA) is 48.9 Å². The van der Waals surface area contributed by atoms with Crippen molar-refractivity contribution in [1.82, 2.24) is 15.5 Å². The van der Waals surface area contributed by atoms with Crippen LogP contribution in [0.1, 0.15) is 32.1 Å². The van der Waals surface area contributed by atoms with Crippen LogP contribution in [0.4, 0.5) is 0 Å². The predicted molar refractivity (Wildman–Crippen MR) is 96.5 cm³/mol. The molecule has 2 atom stereocenters. The van der Waals surface area contributed by atoms with Crippen LogP contribution in [0.3, 0.4) is 0 Å². The first-order chi connectivity index (χ1) is 9.85. The van der Waals surface area contributed by atoms with Crippen LogP contribution >= 0.6 is 24.0 Å². The first-order valence-corrected chi connectivity index (χ1v) is 8.15. The Morgan fingerprint density at radius 1 is 1.19 bits per heavy atom. The van der Waals surface area contributed by atoms with Crippen LogP contribution in [0.15, 0.2) is 4.99 Å². The molecule has 3 fully saturated rings. The molecule has 3 rings (SSSR count). The van der Waals surface area contributed by atoms with Crippen LogP contribution in [-0.2, 0) is 4.74 Å². The summed E-state index contributed by atoms with van der Waals surface area (Å²) >= 11 is 0. The molecule has 2 unspecified atom stereocenters. The van der Waals surface area contributed by atoms with E-state index in [1.165, 1.54) is 45.2 Å². The predicted octanol–water partition coefficient (Wildman–Crippen LogP) is 1.43. The van der Waals surface area contributed by atoms with Crippen molar-refractivity contribution in [2.45, 2.75) is 44.2 Å². The number of likely N-dealkylation sites (tertiary alicyclic amines) is 1. The molecular weight excluding hydrogens is 379 g/mol. The van der Waals surface area contributed by atoms with Crippen molar-refractivity contribution in [3.05, 3.63) is 0 Å². The Morgan fingerprint density at radius 3 is 2.67 bits per heavy atom. The van der Waals surface area contributed by atoms with E-state index in [-0.39, 0.29) is 24.0 Å². The molecule has 5 nitrogen and oxygen atoms in total. The SMILES string of the molecule is CN=C(NCC1CCN(C2CC2)C1)NCC1CCCO1.I. The fourth-order valence-electron chi connectivity index (χ4n) is 3.28. The first-order valence-electron chi connectivity index (χ1n) is 8.15. The summed E-state index contributed by atoms with van der Waals surface area (Å²) in [7, 11) is 1.84. The van der Waals surface area contributed by atoms with Crippen LogP contribution in [-0.4, -0.2) is 62.8 Å². The van der Waals surface area contributed by atoms with E-state index in [1.807, 2.05) is 7.05 Å². The van der Waals surface area contributed by atoms with E-state index < -0.39 is 0 Å². The largest absolute Gasteiger partial charge is 0.376 e. The number of hydrogen-bond acceptors (Lipinski definition) is 3. The number of ether oxygens (including phenoxy) is 1. The van der Waals surface area contributed by atoms with Gasteiger partial charge in [-0.25, -0.2) is 0 Å². The molecule has 2 aliphatic heterocycles. The lowest BCUT2D eigenvalue weighted by molar-refractivity contribution is 0.114. The molecule has 0 radical (unpaired) electrons. The molecule has 2 heterocycles. The van der Waals surface area contributed by atoms with Gasteiger partial charge in [0.2, 0.25) is 0 Å². The summed E-state index contributed by atoms with van der Waals surface area (Å²) in [6, 6.07) is 0.914. The summed E-state index contributed by atoms with van der Waals surface area (Å²) in [6.45, 7) is 5.38. The van der Waals surface area contributed by atoms with Crippen molar-refractivity contribution >= 4 is 29.9 Å². The number of rotatable bonds is 5. The quantitative estimate of drug-likeness (QED) is 0.411. The summed E-state index contributed by atoms with van der Waals surface area (Å²) in [5, 5.41) is 6.85. The third kappa shape index (κ3) is 5.25. The Balaban J connectivity index is 0.00000161. The minimum absolute atomic E-state index is 0. The van der Waals surface area contributed by atoms with Crippen molar-refractivity contribution in [3.8, 4) is 0 Å². The maximum absolute atomic E-state index is 5.62. The third-order valence-electron chi connectivity index (χ3n) is 4.68. The molecule has 122 valence electrons. The normalized spacial score (nSPS) is 30.2. The molecule has 0 spiro atoms. The summed E-state index contributed by atoms with van der Waals surface area (Å²) in [5.74, 6) is 1.70. The number of nitrogens with one attached hydrogen (secondary N) is 2. The van der Waals surface area contributed by atoms with Crippen molar-refractivity contribution in [2.75, 3.05) is 39.8 Å². The number of guanidine groups is 1. The summed E-state index contributed by atoms with van der Waals surface area (Å²) in [5.41, 5.74) is 0. The average molecular weight is 408 g/mol. The summed E-state index contributed by atoms with van der Waals surface area (Å²) < 4.78 is 5.62. The van der Waals surface area contributed by atoms with E-state index in [4.69, 9.17) is 4.74 Å². The number of hydrogen-bond donors (Lipinski definition) is 2. The van der Waals surface area contributed by atoms with Gasteiger partial charge in [-0.1, -0.05) is 0 Å². The van der Waals surface area contributed by atoms with Crippen LogP contribution in [0.25, 0.3) is 0 Å². The lowest BCUT2D eigenvalue weighted by Gasteiger charge is -2.18. The Labute approximate surface area is 145 Å². The summed E-state index contributed by atoms with van der Waals surface area (Å²) in [4.78, 5) is 6.96. The second kappa shape index (κ2) is 8.53. The maximum atomic E-state index is 5.62. The molecule has 2 saturated heterocycles. The van der Waals surface area contributed by atoms with E-state index in [1.54, 1.807) is 0 Å². The van der Waals surface area contributed by atoms with E-state index in [2.05, 4.69) is 20.5 Å². The van der Waals surface area contributed by atoms with Gasteiger partial charge in [-0.2, -0.15) is 0 Å². The van der Waals surface area contributed by atoms with Crippen molar-refractivity contribution in [1.29, 1.82) is 0 Å². The highest BCUT2D eigenvalue weighted by Crippen LogP contribution is 2.31. The monoisotopic (exact) mass is 408 g/mol. The Morgan fingerprint density at radius 2 is 2.00 bits per heavy atom. The summed E-state index contributed by atoms with van der Waals surface area (Å²) in [6.07, 6.45) is 6.90. The Hall–Kier alpha value is -0.0800. The van der Waals surface area contributed by atoms with Gasteiger partial charge in [-0.3, -0.25) is 4.99 Å². The van der Waals surface area contributed by atoms with Gasteiger partial charge in [-0.05, 0) is 44.6 Å². The van der Waals surface area contributed by atoms with Crippen LogP contribution in [0, 0.1) is 5.92 Å². The van der Waals surface area contributed by atoms with Crippen LogP contribution in [0.5, 0.6) is 0 Å². The van der Waals surface area contributed by atoms with Crippen molar-refractivity contribution < 1.29 is 4.74 Å². The number of halogens is 1. The van der Waals surface area contributed by atoms with Gasteiger partial charge in [0.1, 0.15) is 0 Å². The second-order valence-corrected chi connectivity index (χ2v) is 6.35. The minimum atomic E-state index is 0. The molecule has 0 bridgehead atoms. The highest BCUT2D eigenvalue weighted by atomic mass is 127. The zero-order valence-electron chi connectivity index (χ0n) is 13.0. The first kappa shape index (κ1) is 17.3. The van der Waals surface area contributed by atoms with Gasteiger partial charge in [0, 0.05) is 39.3 Å². The zero-order valence-corrected chi connectivity index (χ0v) is 15.3. The molecule has 3 aliphatic rings. The average Bonchev–Trinajstić information content (AvgIpc) is 3.01. The molecule has 0 aromatic rings. The molecular formula is C15H29IN4O. The minimum Gasteiger partial charge on any atom is -0.376 e. The molecule has 1 aliphatic carbocycles. The molecule has 0 aromatic heterocycles. The van der Waals surface area contributed by atoms with Gasteiger partial charge in [-0.15, -0.1) is 24.0 Å². The highest BCUT2D eigenvalue weighted by molar-refractivity contribution is 14.0. The van der Waals surface area contributed by atoms with Gasteiger partial charge in [0.05, 0.1) is 6.10 Å². The molecule has 6 heteroatoms. The van der Waals surface area contributed by atoms with E-state index in [9.17, 15) is 0 Å². The molecule has 21 heavy (non-hydrogen) atoms. The Kier molecular flexibility index (Phi) is 7.01. The van der Waals surface area contributed by atoms with Gasteiger partial charge in [0.25, 0.3) is 0 Å². The van der Waals surface area contributed by atoms with Crippen LogP contribution in [0.2, 0.25) is 0 Å². The smallest absolute Gasteiger partial charge is 0.191 e. The lowest BCUT2D eigenvalue weighted by atomic mass is 10.1. The molecule has 0 aromatic carbocycles. The number of nitrogens with zero attached hydrogens (tertiary/aromatic N) is 2. The highest BCUT2D eigenvalue weighted by Gasteiger charge is 2.34. The second-order valence-electron chi connectivity index (χ2n) is 6.35. The third-order valence-corrected chi connectivity index (χ3v) is 4.68.